The summed E-state index contributed by atoms with van der Waals surface area (Å²) >= 11 is 2.74. The number of carbonyl (C=O) groups excluding carboxylic acids is 1. The molecular formula is C20H18N2O5S2. The predicted molar refractivity (Wildman–Crippen MR) is 110 cm³/mol. The molecule has 0 fully saturated rings. The van der Waals surface area contributed by atoms with Crippen molar-refractivity contribution in [2.45, 2.75) is 13.0 Å². The van der Waals surface area contributed by atoms with Gasteiger partial charge in [0.15, 0.2) is 4.80 Å². The van der Waals surface area contributed by atoms with Crippen LogP contribution in [0.2, 0.25) is 0 Å². The predicted octanol–water partition coefficient (Wildman–Crippen LogP) is 2.08. The maximum absolute atomic E-state index is 13.2. The Balaban J connectivity index is 1.86. The molecular weight excluding hydrogens is 412 g/mol. The Hall–Kier alpha value is -2.75. The lowest BCUT2D eigenvalue weighted by atomic mass is 10.0. The lowest BCUT2D eigenvalue weighted by Gasteiger charge is -2.23. The molecule has 3 aromatic heterocycles. The largest absolute Gasteiger partial charge is 0.465 e. The molecule has 0 N–H and O–H groups in total. The molecule has 9 heteroatoms. The van der Waals surface area contributed by atoms with Crippen LogP contribution in [0.1, 0.15) is 23.6 Å². The minimum absolute atomic E-state index is 0.131. The number of allylic oxidation sites excluding steroid dienone is 1. The Morgan fingerprint density at radius 1 is 1.34 bits per heavy atom. The fourth-order valence-electron chi connectivity index (χ4n) is 3.10. The molecule has 0 aromatic carbocycles. The second kappa shape index (κ2) is 8.32. The third kappa shape index (κ3) is 3.76. The molecule has 1 aliphatic rings. The van der Waals surface area contributed by atoms with E-state index in [4.69, 9.17) is 13.9 Å². The number of rotatable bonds is 6. The topological polar surface area (TPSA) is 83.0 Å². The van der Waals surface area contributed by atoms with Gasteiger partial charge in [0.25, 0.3) is 5.56 Å². The number of methoxy groups -OCH3 is 1. The maximum Gasteiger partial charge on any atom is 0.338 e. The first kappa shape index (κ1) is 19.6. The van der Waals surface area contributed by atoms with E-state index in [0.29, 0.717) is 33.0 Å². The smallest absolute Gasteiger partial charge is 0.338 e. The Bertz CT molecular complexity index is 1220. The van der Waals surface area contributed by atoms with Crippen molar-refractivity contribution in [1.82, 2.24) is 4.57 Å². The standard InChI is InChI=1S/C20H18N2O5S2/c1-12-16(19(24)27-9-8-25-2)17(14-6-4-10-28-14)22-18(23)15(29-20(22)21-12)11-13-5-3-7-26-13/h3-7,10-11,17H,8-9H2,1-2H3/b15-11-/t17-/m0/s1. The number of fused-ring (bicyclic) bond motifs is 1. The first-order chi connectivity index (χ1) is 14.1. The second-order valence-electron chi connectivity index (χ2n) is 6.24. The van der Waals surface area contributed by atoms with Crippen LogP contribution >= 0.6 is 22.7 Å². The van der Waals surface area contributed by atoms with Gasteiger partial charge in [-0.3, -0.25) is 9.36 Å². The molecule has 1 atom stereocenters. The van der Waals surface area contributed by atoms with Crippen molar-refractivity contribution in [1.29, 1.82) is 0 Å². The summed E-state index contributed by atoms with van der Waals surface area (Å²) in [5.41, 5.74) is 0.676. The number of aromatic nitrogens is 1. The number of hydrogen-bond acceptors (Lipinski definition) is 8. The number of nitrogens with zero attached hydrogens (tertiary/aromatic N) is 2. The Morgan fingerprint density at radius 3 is 2.90 bits per heavy atom. The van der Waals surface area contributed by atoms with Gasteiger partial charge in [0, 0.05) is 18.1 Å². The van der Waals surface area contributed by atoms with Gasteiger partial charge in [-0.1, -0.05) is 17.4 Å². The lowest BCUT2D eigenvalue weighted by Crippen LogP contribution is -2.39. The zero-order valence-electron chi connectivity index (χ0n) is 15.8. The van der Waals surface area contributed by atoms with Gasteiger partial charge >= 0.3 is 5.97 Å². The maximum atomic E-state index is 13.2. The highest BCUT2D eigenvalue weighted by Gasteiger charge is 2.34. The fourth-order valence-corrected chi connectivity index (χ4v) is 4.95. The third-order valence-electron chi connectivity index (χ3n) is 4.39. The minimum atomic E-state index is -0.583. The molecule has 0 spiro atoms. The summed E-state index contributed by atoms with van der Waals surface area (Å²) in [6.07, 6.45) is 3.24. The Labute approximate surface area is 173 Å². The summed E-state index contributed by atoms with van der Waals surface area (Å²) in [5, 5.41) is 1.91. The molecule has 0 radical (unpaired) electrons. The zero-order valence-corrected chi connectivity index (χ0v) is 17.4. The van der Waals surface area contributed by atoms with Gasteiger partial charge in [0.2, 0.25) is 0 Å². The first-order valence-electron chi connectivity index (χ1n) is 8.85. The number of thiophene rings is 1. The van der Waals surface area contributed by atoms with Gasteiger partial charge in [-0.25, -0.2) is 9.79 Å². The Kier molecular flexibility index (Phi) is 5.61. The number of esters is 1. The van der Waals surface area contributed by atoms with E-state index in [1.165, 1.54) is 29.8 Å². The van der Waals surface area contributed by atoms with Gasteiger partial charge in [-0.15, -0.1) is 11.3 Å². The van der Waals surface area contributed by atoms with Crippen LogP contribution in [0.4, 0.5) is 0 Å². The van der Waals surface area contributed by atoms with Gasteiger partial charge in [-0.2, -0.15) is 0 Å². The molecule has 0 aliphatic carbocycles. The van der Waals surface area contributed by atoms with Crippen LogP contribution < -0.4 is 14.9 Å². The van der Waals surface area contributed by atoms with Crippen molar-refractivity contribution in [3.63, 3.8) is 0 Å². The van der Waals surface area contributed by atoms with E-state index in [9.17, 15) is 9.59 Å². The Morgan fingerprint density at radius 2 is 2.21 bits per heavy atom. The van der Waals surface area contributed by atoms with Gasteiger partial charge in [-0.05, 0) is 30.5 Å². The van der Waals surface area contributed by atoms with Crippen LogP contribution in [-0.2, 0) is 14.3 Å². The van der Waals surface area contributed by atoms with E-state index in [-0.39, 0.29) is 12.2 Å². The molecule has 0 bridgehead atoms. The third-order valence-corrected chi connectivity index (χ3v) is 6.30. The van der Waals surface area contributed by atoms with Crippen molar-refractivity contribution in [3.8, 4) is 0 Å². The van der Waals surface area contributed by atoms with E-state index in [1.54, 1.807) is 36.0 Å². The average Bonchev–Trinajstić information content (AvgIpc) is 3.44. The summed E-state index contributed by atoms with van der Waals surface area (Å²) in [6.45, 7) is 2.19. The summed E-state index contributed by atoms with van der Waals surface area (Å²) in [7, 11) is 1.54. The molecule has 1 aliphatic heterocycles. The number of ether oxygens (including phenoxy) is 2. The number of hydrogen-bond donors (Lipinski definition) is 0. The molecule has 0 amide bonds. The van der Waals surface area contributed by atoms with Crippen molar-refractivity contribution >= 4 is 34.7 Å². The normalized spacial score (nSPS) is 16.6. The fraction of sp³-hybridized carbons (Fsp3) is 0.250. The van der Waals surface area contributed by atoms with Crippen molar-refractivity contribution in [2.75, 3.05) is 20.3 Å². The highest BCUT2D eigenvalue weighted by molar-refractivity contribution is 7.10. The van der Waals surface area contributed by atoms with Crippen LogP contribution in [0.5, 0.6) is 0 Å². The van der Waals surface area contributed by atoms with Crippen LogP contribution in [0.3, 0.4) is 0 Å². The van der Waals surface area contributed by atoms with Gasteiger partial charge in [0.05, 0.1) is 28.7 Å². The van der Waals surface area contributed by atoms with Crippen molar-refractivity contribution in [2.24, 2.45) is 4.99 Å². The number of thiazole rings is 1. The monoisotopic (exact) mass is 430 g/mol. The molecule has 0 unspecified atom stereocenters. The molecule has 0 saturated heterocycles. The molecule has 0 saturated carbocycles. The molecule has 29 heavy (non-hydrogen) atoms. The van der Waals surface area contributed by atoms with Crippen LogP contribution in [0.25, 0.3) is 6.08 Å². The number of carbonyl (C=O) groups is 1. The van der Waals surface area contributed by atoms with E-state index in [0.717, 1.165) is 4.88 Å². The van der Waals surface area contributed by atoms with Gasteiger partial charge < -0.3 is 13.9 Å². The van der Waals surface area contributed by atoms with Crippen LogP contribution in [0.15, 0.2) is 61.4 Å². The average molecular weight is 431 g/mol. The number of furan rings is 1. The molecule has 4 rings (SSSR count). The molecule has 3 aromatic rings. The minimum Gasteiger partial charge on any atom is -0.465 e. The van der Waals surface area contributed by atoms with Crippen molar-refractivity contribution in [3.05, 3.63) is 77.5 Å². The van der Waals surface area contributed by atoms with E-state index < -0.39 is 12.0 Å². The highest BCUT2D eigenvalue weighted by atomic mass is 32.1. The van der Waals surface area contributed by atoms with Crippen LogP contribution in [0, 0.1) is 0 Å². The van der Waals surface area contributed by atoms with Gasteiger partial charge in [0.1, 0.15) is 18.4 Å². The van der Waals surface area contributed by atoms with E-state index in [1.807, 2.05) is 17.5 Å². The molecule has 150 valence electrons. The summed E-state index contributed by atoms with van der Waals surface area (Å²) in [4.78, 5) is 32.0. The molecule has 4 heterocycles. The lowest BCUT2D eigenvalue weighted by molar-refractivity contribution is -0.140. The quantitative estimate of drug-likeness (QED) is 0.442. The zero-order chi connectivity index (χ0) is 20.4. The van der Waals surface area contributed by atoms with Crippen LogP contribution in [-0.4, -0.2) is 30.9 Å². The van der Waals surface area contributed by atoms with Crippen molar-refractivity contribution < 1.29 is 18.7 Å². The summed E-state index contributed by atoms with van der Waals surface area (Å²) < 4.78 is 17.7. The summed E-state index contributed by atoms with van der Waals surface area (Å²) in [6, 6.07) is 6.75. The first-order valence-corrected chi connectivity index (χ1v) is 10.6. The molecule has 7 nitrogen and oxygen atoms in total. The summed E-state index contributed by atoms with van der Waals surface area (Å²) in [5.74, 6) is 0.0832. The SMILES string of the molecule is COCCOC(=O)C1=C(C)N=c2s/c(=C\c3ccco3)c(=O)n2[C@H]1c1cccs1. The van der Waals surface area contributed by atoms with E-state index >= 15 is 0 Å². The highest BCUT2D eigenvalue weighted by Crippen LogP contribution is 2.33. The second-order valence-corrected chi connectivity index (χ2v) is 8.23. The van der Waals surface area contributed by atoms with E-state index in [2.05, 4.69) is 4.99 Å².